The minimum absolute atomic E-state index is 0.0495. The highest BCUT2D eigenvalue weighted by atomic mass is 16.5. The molecule has 24 heavy (non-hydrogen) atoms. The van der Waals surface area contributed by atoms with E-state index >= 15 is 0 Å². The molecule has 0 spiro atoms. The van der Waals surface area contributed by atoms with Gasteiger partial charge in [-0.15, -0.1) is 0 Å². The molecular formula is C19H26N2O3. The molecule has 0 radical (unpaired) electrons. The molecular weight excluding hydrogens is 304 g/mol. The molecule has 2 aliphatic heterocycles. The lowest BCUT2D eigenvalue weighted by atomic mass is 9.96. The molecule has 0 aliphatic carbocycles. The molecule has 2 heterocycles. The van der Waals surface area contributed by atoms with Gasteiger partial charge < -0.3 is 15.0 Å². The second kappa shape index (κ2) is 6.46. The summed E-state index contributed by atoms with van der Waals surface area (Å²) in [7, 11) is 0. The van der Waals surface area contributed by atoms with Crippen molar-refractivity contribution in [1.29, 1.82) is 0 Å². The first-order valence-corrected chi connectivity index (χ1v) is 8.78. The van der Waals surface area contributed by atoms with Crippen LogP contribution in [-0.4, -0.2) is 41.9 Å². The molecule has 1 unspecified atom stereocenters. The van der Waals surface area contributed by atoms with Crippen LogP contribution in [0.25, 0.3) is 0 Å². The number of nitrogens with one attached hydrogen (secondary N) is 1. The summed E-state index contributed by atoms with van der Waals surface area (Å²) < 4.78 is 5.50. The first-order valence-electron chi connectivity index (χ1n) is 8.78. The van der Waals surface area contributed by atoms with Gasteiger partial charge in [0.05, 0.1) is 6.61 Å². The summed E-state index contributed by atoms with van der Waals surface area (Å²) in [6, 6.07) is 5.58. The van der Waals surface area contributed by atoms with E-state index in [9.17, 15) is 9.59 Å². The quantitative estimate of drug-likeness (QED) is 0.922. The number of benzene rings is 1. The summed E-state index contributed by atoms with van der Waals surface area (Å²) in [5.41, 5.74) is 0.955. The minimum atomic E-state index is -0.762. The Kier molecular flexibility index (Phi) is 4.52. The molecule has 0 saturated carbocycles. The van der Waals surface area contributed by atoms with Gasteiger partial charge in [-0.1, -0.05) is 13.8 Å². The highest BCUT2D eigenvalue weighted by molar-refractivity contribution is 5.99. The fourth-order valence-electron chi connectivity index (χ4n) is 3.49. The smallest absolute Gasteiger partial charge is 0.254 e. The van der Waals surface area contributed by atoms with Crippen molar-refractivity contribution in [2.24, 2.45) is 5.92 Å². The Morgan fingerprint density at radius 2 is 2.17 bits per heavy atom. The molecule has 3 rings (SSSR count). The van der Waals surface area contributed by atoms with Crippen molar-refractivity contribution in [3.8, 4) is 5.75 Å². The third kappa shape index (κ3) is 2.99. The Morgan fingerprint density at radius 3 is 2.92 bits per heavy atom. The normalized spacial score (nSPS) is 22.4. The van der Waals surface area contributed by atoms with Gasteiger partial charge in [0.2, 0.25) is 5.91 Å². The van der Waals surface area contributed by atoms with Gasteiger partial charge in [0.15, 0.2) is 0 Å². The standard InChI is InChI=1S/C19H26N2O3/c1-13(2)12-20-18(23)19(3)8-4-9-21(19)17(22)15-5-6-16-14(11-15)7-10-24-16/h5-6,11,13H,4,7-10,12H2,1-3H3,(H,20,23). The lowest BCUT2D eigenvalue weighted by Crippen LogP contribution is -2.55. The summed E-state index contributed by atoms with van der Waals surface area (Å²) in [5.74, 6) is 1.14. The second-order valence-corrected chi connectivity index (χ2v) is 7.36. The van der Waals surface area contributed by atoms with Crippen LogP contribution in [0.2, 0.25) is 0 Å². The van der Waals surface area contributed by atoms with Crippen molar-refractivity contribution >= 4 is 11.8 Å². The van der Waals surface area contributed by atoms with Crippen molar-refractivity contribution < 1.29 is 14.3 Å². The number of ether oxygens (including phenoxy) is 1. The zero-order valence-electron chi connectivity index (χ0n) is 14.7. The molecule has 0 aromatic heterocycles. The number of rotatable bonds is 4. The molecule has 0 bridgehead atoms. The Balaban J connectivity index is 1.79. The van der Waals surface area contributed by atoms with Crippen molar-refractivity contribution in [3.63, 3.8) is 0 Å². The SMILES string of the molecule is CC(C)CNC(=O)C1(C)CCCN1C(=O)c1ccc2c(c1)CCO2. The van der Waals surface area contributed by atoms with Gasteiger partial charge in [0.1, 0.15) is 11.3 Å². The molecule has 2 aliphatic rings. The van der Waals surface area contributed by atoms with E-state index in [-0.39, 0.29) is 11.8 Å². The van der Waals surface area contributed by atoms with Crippen LogP contribution in [0.3, 0.4) is 0 Å². The molecule has 130 valence electrons. The predicted molar refractivity (Wildman–Crippen MR) is 92.2 cm³/mol. The Labute approximate surface area is 143 Å². The van der Waals surface area contributed by atoms with E-state index in [0.29, 0.717) is 37.6 Å². The zero-order valence-corrected chi connectivity index (χ0v) is 14.7. The summed E-state index contributed by atoms with van der Waals surface area (Å²) in [4.78, 5) is 27.4. The van der Waals surface area contributed by atoms with Gasteiger partial charge in [-0.2, -0.15) is 0 Å². The van der Waals surface area contributed by atoms with Crippen LogP contribution in [0.5, 0.6) is 5.75 Å². The largest absolute Gasteiger partial charge is 0.493 e. The summed E-state index contributed by atoms with van der Waals surface area (Å²) >= 11 is 0. The number of hydrogen-bond acceptors (Lipinski definition) is 3. The van der Waals surface area contributed by atoms with E-state index in [1.165, 1.54) is 0 Å². The summed E-state index contributed by atoms with van der Waals surface area (Å²) in [5, 5.41) is 2.99. The maximum absolute atomic E-state index is 13.0. The van der Waals surface area contributed by atoms with Crippen molar-refractivity contribution in [2.75, 3.05) is 19.7 Å². The first-order chi connectivity index (χ1) is 11.4. The van der Waals surface area contributed by atoms with Crippen molar-refractivity contribution in [2.45, 2.75) is 45.6 Å². The van der Waals surface area contributed by atoms with Crippen LogP contribution in [0, 0.1) is 5.92 Å². The van der Waals surface area contributed by atoms with Crippen LogP contribution in [0.15, 0.2) is 18.2 Å². The number of likely N-dealkylation sites (tertiary alicyclic amines) is 1. The van der Waals surface area contributed by atoms with Gasteiger partial charge in [0, 0.05) is 25.1 Å². The second-order valence-electron chi connectivity index (χ2n) is 7.36. The van der Waals surface area contributed by atoms with Crippen LogP contribution >= 0.6 is 0 Å². The number of nitrogens with zero attached hydrogens (tertiary/aromatic N) is 1. The third-order valence-electron chi connectivity index (χ3n) is 4.98. The van der Waals surface area contributed by atoms with E-state index in [2.05, 4.69) is 19.2 Å². The highest BCUT2D eigenvalue weighted by Gasteiger charge is 2.45. The summed E-state index contributed by atoms with van der Waals surface area (Å²) in [6.45, 7) is 7.93. The van der Waals surface area contributed by atoms with E-state index in [1.54, 1.807) is 11.0 Å². The number of amides is 2. The third-order valence-corrected chi connectivity index (χ3v) is 4.98. The molecule has 1 aromatic rings. The lowest BCUT2D eigenvalue weighted by Gasteiger charge is -2.34. The van der Waals surface area contributed by atoms with Crippen LogP contribution in [0.4, 0.5) is 0 Å². The van der Waals surface area contributed by atoms with Crippen molar-refractivity contribution in [1.82, 2.24) is 10.2 Å². The molecule has 1 atom stereocenters. The first kappa shape index (κ1) is 16.8. The number of carbonyl (C=O) groups excluding carboxylic acids is 2. The number of carbonyl (C=O) groups is 2. The molecule has 1 fully saturated rings. The Bertz CT molecular complexity index is 656. The van der Waals surface area contributed by atoms with Crippen LogP contribution in [0.1, 0.15) is 49.5 Å². The van der Waals surface area contributed by atoms with Gasteiger partial charge in [-0.3, -0.25) is 9.59 Å². The average molecular weight is 330 g/mol. The fraction of sp³-hybridized carbons (Fsp3) is 0.579. The monoisotopic (exact) mass is 330 g/mol. The maximum Gasteiger partial charge on any atom is 0.254 e. The molecule has 1 N–H and O–H groups in total. The molecule has 1 aromatic carbocycles. The highest BCUT2D eigenvalue weighted by Crippen LogP contribution is 2.32. The topological polar surface area (TPSA) is 58.6 Å². The molecule has 2 amide bonds. The number of hydrogen-bond donors (Lipinski definition) is 1. The molecule has 5 heteroatoms. The van der Waals surface area contributed by atoms with Crippen LogP contribution in [-0.2, 0) is 11.2 Å². The number of fused-ring (bicyclic) bond motifs is 1. The van der Waals surface area contributed by atoms with Gasteiger partial charge in [0.25, 0.3) is 5.91 Å². The predicted octanol–water partition coefficient (Wildman–Crippen LogP) is 2.39. The van der Waals surface area contributed by atoms with E-state index < -0.39 is 5.54 Å². The molecule has 1 saturated heterocycles. The Morgan fingerprint density at radius 1 is 1.38 bits per heavy atom. The maximum atomic E-state index is 13.0. The van der Waals surface area contributed by atoms with Crippen LogP contribution < -0.4 is 10.1 Å². The lowest BCUT2D eigenvalue weighted by molar-refractivity contribution is -0.130. The van der Waals surface area contributed by atoms with Gasteiger partial charge in [-0.25, -0.2) is 0 Å². The van der Waals surface area contributed by atoms with Gasteiger partial charge in [-0.05, 0) is 49.4 Å². The van der Waals surface area contributed by atoms with E-state index in [1.807, 2.05) is 19.1 Å². The zero-order chi connectivity index (χ0) is 17.3. The summed E-state index contributed by atoms with van der Waals surface area (Å²) in [6.07, 6.45) is 2.39. The molecule has 5 nitrogen and oxygen atoms in total. The minimum Gasteiger partial charge on any atom is -0.493 e. The van der Waals surface area contributed by atoms with Gasteiger partial charge >= 0.3 is 0 Å². The van der Waals surface area contributed by atoms with E-state index in [4.69, 9.17) is 4.74 Å². The van der Waals surface area contributed by atoms with Crippen molar-refractivity contribution in [3.05, 3.63) is 29.3 Å². The average Bonchev–Trinajstić information content (AvgIpc) is 3.18. The van der Waals surface area contributed by atoms with E-state index in [0.717, 1.165) is 24.2 Å². The Hall–Kier alpha value is -2.04. The fourth-order valence-corrected chi connectivity index (χ4v) is 3.49.